The Labute approximate surface area is 158 Å². The third-order valence-corrected chi connectivity index (χ3v) is 4.86. The standard InChI is InChI=1S/C21H12N2O3S/c22-11-15(9-13-5-7-16(24)8-6-13)20-23-18(12-27-20)19-10-14-3-1-2-4-17(14)21(25)26-19/h1-10,12,24H/b15-9+. The van der Waals surface area contributed by atoms with Crippen LogP contribution in [0, 0.1) is 11.3 Å². The highest BCUT2D eigenvalue weighted by Gasteiger charge is 2.12. The summed E-state index contributed by atoms with van der Waals surface area (Å²) >= 11 is 1.30. The zero-order valence-electron chi connectivity index (χ0n) is 13.9. The number of allylic oxidation sites excluding steroid dienone is 1. The molecular formula is C21H12N2O3S. The summed E-state index contributed by atoms with van der Waals surface area (Å²) in [5.41, 5.74) is 1.25. The van der Waals surface area contributed by atoms with E-state index in [2.05, 4.69) is 11.1 Å². The van der Waals surface area contributed by atoms with Gasteiger partial charge in [-0.25, -0.2) is 9.78 Å². The lowest BCUT2D eigenvalue weighted by atomic mass is 10.1. The van der Waals surface area contributed by atoms with E-state index in [1.165, 1.54) is 11.3 Å². The first-order chi connectivity index (χ1) is 13.1. The number of benzene rings is 2. The first kappa shape index (κ1) is 16.8. The third kappa shape index (κ3) is 3.36. The number of fused-ring (bicyclic) bond motifs is 1. The Morgan fingerprint density at radius 2 is 1.96 bits per heavy atom. The van der Waals surface area contributed by atoms with Crippen LogP contribution in [0.5, 0.6) is 5.75 Å². The zero-order valence-corrected chi connectivity index (χ0v) is 14.7. The zero-order chi connectivity index (χ0) is 18.8. The van der Waals surface area contributed by atoms with Gasteiger partial charge in [-0.2, -0.15) is 5.26 Å². The number of nitriles is 1. The second kappa shape index (κ2) is 6.90. The van der Waals surface area contributed by atoms with Crippen LogP contribution in [0.25, 0.3) is 33.9 Å². The molecule has 0 aliphatic rings. The van der Waals surface area contributed by atoms with Crippen LogP contribution in [-0.2, 0) is 0 Å². The molecule has 0 saturated heterocycles. The molecule has 6 heteroatoms. The molecule has 5 nitrogen and oxygen atoms in total. The fourth-order valence-corrected chi connectivity index (χ4v) is 3.42. The Hall–Kier alpha value is -3.69. The van der Waals surface area contributed by atoms with Crippen molar-refractivity contribution in [2.24, 2.45) is 0 Å². The Kier molecular flexibility index (Phi) is 4.29. The molecule has 2 aromatic carbocycles. The van der Waals surface area contributed by atoms with Gasteiger partial charge in [-0.1, -0.05) is 30.3 Å². The lowest BCUT2D eigenvalue weighted by molar-refractivity contribution is 0.475. The molecule has 1 N–H and O–H groups in total. The van der Waals surface area contributed by atoms with Gasteiger partial charge < -0.3 is 9.52 Å². The van der Waals surface area contributed by atoms with Gasteiger partial charge >= 0.3 is 5.63 Å². The molecule has 0 fully saturated rings. The predicted octanol–water partition coefficient (Wildman–Crippen LogP) is 4.69. The van der Waals surface area contributed by atoms with Crippen LogP contribution < -0.4 is 5.63 Å². The maximum Gasteiger partial charge on any atom is 0.344 e. The maximum atomic E-state index is 12.2. The summed E-state index contributed by atoms with van der Waals surface area (Å²) < 4.78 is 5.39. The number of hydrogen-bond donors (Lipinski definition) is 1. The van der Waals surface area contributed by atoms with Crippen molar-refractivity contribution in [2.75, 3.05) is 0 Å². The molecule has 0 amide bonds. The molecule has 0 aliphatic carbocycles. The van der Waals surface area contributed by atoms with Crippen LogP contribution in [-0.4, -0.2) is 10.1 Å². The topological polar surface area (TPSA) is 87.1 Å². The average molecular weight is 372 g/mol. The van der Waals surface area contributed by atoms with Crippen LogP contribution in [0.1, 0.15) is 10.6 Å². The van der Waals surface area contributed by atoms with Crippen LogP contribution in [0.15, 0.2) is 69.2 Å². The second-order valence-corrected chi connectivity index (χ2v) is 6.64. The molecule has 2 heterocycles. The van der Waals surface area contributed by atoms with Crippen molar-refractivity contribution >= 4 is 33.8 Å². The highest BCUT2D eigenvalue weighted by atomic mass is 32.1. The fraction of sp³-hybridized carbons (Fsp3) is 0. The summed E-state index contributed by atoms with van der Waals surface area (Å²) in [4.78, 5) is 16.6. The Morgan fingerprint density at radius 1 is 1.19 bits per heavy atom. The third-order valence-electron chi connectivity index (χ3n) is 3.98. The molecule has 0 spiro atoms. The minimum Gasteiger partial charge on any atom is -0.508 e. The number of aromatic nitrogens is 1. The van der Waals surface area contributed by atoms with E-state index in [0.717, 1.165) is 10.9 Å². The van der Waals surface area contributed by atoms with E-state index in [-0.39, 0.29) is 5.75 Å². The molecule has 0 saturated carbocycles. The number of nitrogens with zero attached hydrogens (tertiary/aromatic N) is 2. The van der Waals surface area contributed by atoms with E-state index in [1.807, 2.05) is 12.1 Å². The quantitative estimate of drug-likeness (QED) is 0.527. The summed E-state index contributed by atoms with van der Waals surface area (Å²) in [6.45, 7) is 0. The number of thiazole rings is 1. The number of rotatable bonds is 3. The first-order valence-corrected chi connectivity index (χ1v) is 8.92. The van der Waals surface area contributed by atoms with Gasteiger partial charge in [0.05, 0.1) is 11.0 Å². The van der Waals surface area contributed by atoms with Gasteiger partial charge in [-0.3, -0.25) is 0 Å². The average Bonchev–Trinajstić information content (AvgIpc) is 3.17. The van der Waals surface area contributed by atoms with Crippen LogP contribution in [0.3, 0.4) is 0 Å². The van der Waals surface area contributed by atoms with Crippen molar-refractivity contribution in [3.63, 3.8) is 0 Å². The van der Waals surface area contributed by atoms with E-state index in [0.29, 0.717) is 27.4 Å². The highest BCUT2D eigenvalue weighted by molar-refractivity contribution is 7.11. The van der Waals surface area contributed by atoms with Gasteiger partial charge in [0.15, 0.2) is 5.76 Å². The van der Waals surface area contributed by atoms with E-state index in [9.17, 15) is 15.2 Å². The van der Waals surface area contributed by atoms with Gasteiger partial charge in [0.25, 0.3) is 0 Å². The van der Waals surface area contributed by atoms with Crippen molar-refractivity contribution in [3.05, 3.63) is 81.0 Å². The fourth-order valence-electron chi connectivity index (χ4n) is 2.65. The molecule has 0 unspecified atom stereocenters. The smallest absolute Gasteiger partial charge is 0.344 e. The number of phenols is 1. The summed E-state index contributed by atoms with van der Waals surface area (Å²) in [7, 11) is 0. The van der Waals surface area contributed by atoms with E-state index in [4.69, 9.17) is 4.42 Å². The molecule has 4 aromatic rings. The molecule has 2 aromatic heterocycles. The monoisotopic (exact) mass is 372 g/mol. The normalized spacial score (nSPS) is 11.4. The number of hydrogen-bond acceptors (Lipinski definition) is 6. The van der Waals surface area contributed by atoms with Crippen molar-refractivity contribution < 1.29 is 9.52 Å². The number of aromatic hydroxyl groups is 1. The molecule has 4 rings (SSSR count). The molecule has 0 radical (unpaired) electrons. The predicted molar refractivity (Wildman–Crippen MR) is 105 cm³/mol. The Bertz CT molecular complexity index is 1260. The van der Waals surface area contributed by atoms with Gasteiger partial charge in [-0.15, -0.1) is 11.3 Å². The van der Waals surface area contributed by atoms with E-state index < -0.39 is 5.63 Å². The lowest BCUT2D eigenvalue weighted by Crippen LogP contribution is -2.00. The minimum atomic E-state index is -0.419. The van der Waals surface area contributed by atoms with Crippen molar-refractivity contribution in [1.29, 1.82) is 5.26 Å². The van der Waals surface area contributed by atoms with Crippen molar-refractivity contribution in [1.82, 2.24) is 4.98 Å². The van der Waals surface area contributed by atoms with Gasteiger partial charge in [0.1, 0.15) is 22.5 Å². The molecule has 0 aliphatic heterocycles. The largest absolute Gasteiger partial charge is 0.508 e. The van der Waals surface area contributed by atoms with Gasteiger partial charge in [0, 0.05) is 5.38 Å². The second-order valence-electron chi connectivity index (χ2n) is 5.78. The molecule has 27 heavy (non-hydrogen) atoms. The van der Waals surface area contributed by atoms with E-state index >= 15 is 0 Å². The van der Waals surface area contributed by atoms with Crippen LogP contribution in [0.4, 0.5) is 0 Å². The van der Waals surface area contributed by atoms with Gasteiger partial charge in [-0.05, 0) is 41.3 Å². The number of phenolic OH excluding ortho intramolecular Hbond substituents is 1. The minimum absolute atomic E-state index is 0.161. The van der Waals surface area contributed by atoms with Crippen molar-refractivity contribution in [3.8, 4) is 23.3 Å². The lowest BCUT2D eigenvalue weighted by Gasteiger charge is -1.99. The highest BCUT2D eigenvalue weighted by Crippen LogP contribution is 2.28. The summed E-state index contributed by atoms with van der Waals surface area (Å²) in [5, 5.41) is 22.4. The van der Waals surface area contributed by atoms with Crippen LogP contribution >= 0.6 is 11.3 Å². The molecular weight excluding hydrogens is 360 g/mol. The van der Waals surface area contributed by atoms with E-state index in [1.54, 1.807) is 53.9 Å². The first-order valence-electron chi connectivity index (χ1n) is 8.04. The SMILES string of the molecule is N#C/C(=C\c1ccc(O)cc1)c1nc(-c2cc3ccccc3c(=O)o2)cs1. The summed E-state index contributed by atoms with van der Waals surface area (Å²) in [6.07, 6.45) is 1.69. The maximum absolute atomic E-state index is 12.2. The Balaban J connectivity index is 1.73. The van der Waals surface area contributed by atoms with Crippen molar-refractivity contribution in [2.45, 2.75) is 0 Å². The summed E-state index contributed by atoms with van der Waals surface area (Å²) in [5.74, 6) is 0.525. The van der Waals surface area contributed by atoms with Gasteiger partial charge in [0.2, 0.25) is 0 Å². The summed E-state index contributed by atoms with van der Waals surface area (Å²) in [6, 6.07) is 17.6. The Morgan fingerprint density at radius 3 is 2.74 bits per heavy atom. The molecule has 130 valence electrons. The molecule has 0 atom stereocenters. The van der Waals surface area contributed by atoms with Crippen LogP contribution in [0.2, 0.25) is 0 Å². The molecule has 0 bridgehead atoms.